The number of hydrogen-bond acceptors (Lipinski definition) is 4. The van der Waals surface area contributed by atoms with Gasteiger partial charge in [-0.15, -0.1) is 0 Å². The molecule has 1 N–H and O–H groups in total. The Hall–Kier alpha value is -2.71. The summed E-state index contributed by atoms with van der Waals surface area (Å²) in [5.74, 6) is 0.394. The SMILES string of the molecule is CC1CC(C)CN(S(=O)(=O)c2cccc(C(=O)NCc3cccc(N4CCCC4=O)c3)c2)C1. The second kappa shape index (κ2) is 9.65. The molecule has 4 rings (SSSR count). The molecule has 0 radical (unpaired) electrons. The lowest BCUT2D eigenvalue weighted by Crippen LogP contribution is -2.42. The second-order valence-electron chi connectivity index (χ2n) is 9.30. The minimum Gasteiger partial charge on any atom is -0.348 e. The van der Waals surface area contributed by atoms with Crippen molar-refractivity contribution in [3.8, 4) is 0 Å². The van der Waals surface area contributed by atoms with Crippen molar-refractivity contribution in [3.63, 3.8) is 0 Å². The fourth-order valence-electron chi connectivity index (χ4n) is 4.79. The van der Waals surface area contributed by atoms with Crippen LogP contribution in [-0.4, -0.2) is 44.2 Å². The first-order valence-electron chi connectivity index (χ1n) is 11.5. The highest BCUT2D eigenvalue weighted by Crippen LogP contribution is 2.27. The highest BCUT2D eigenvalue weighted by molar-refractivity contribution is 7.89. The maximum absolute atomic E-state index is 13.2. The number of benzene rings is 2. The molecule has 0 bridgehead atoms. The van der Waals surface area contributed by atoms with Crippen LogP contribution in [0.1, 0.15) is 49.0 Å². The third-order valence-corrected chi connectivity index (χ3v) is 8.15. The van der Waals surface area contributed by atoms with Crippen molar-refractivity contribution in [1.29, 1.82) is 0 Å². The van der Waals surface area contributed by atoms with Crippen molar-refractivity contribution in [2.24, 2.45) is 11.8 Å². The molecule has 33 heavy (non-hydrogen) atoms. The van der Waals surface area contributed by atoms with Crippen molar-refractivity contribution >= 4 is 27.5 Å². The second-order valence-corrected chi connectivity index (χ2v) is 11.2. The highest BCUT2D eigenvalue weighted by Gasteiger charge is 2.32. The average Bonchev–Trinajstić information content (AvgIpc) is 3.23. The number of amides is 2. The van der Waals surface area contributed by atoms with Gasteiger partial charge < -0.3 is 10.2 Å². The number of carbonyl (C=O) groups is 2. The van der Waals surface area contributed by atoms with E-state index < -0.39 is 10.0 Å². The van der Waals surface area contributed by atoms with Crippen LogP contribution in [0.5, 0.6) is 0 Å². The molecule has 0 aromatic heterocycles. The zero-order valence-corrected chi connectivity index (χ0v) is 20.0. The molecule has 7 nitrogen and oxygen atoms in total. The van der Waals surface area contributed by atoms with Crippen LogP contribution in [0.3, 0.4) is 0 Å². The first kappa shape index (κ1) is 23.4. The number of carbonyl (C=O) groups excluding carboxylic acids is 2. The zero-order valence-electron chi connectivity index (χ0n) is 19.2. The van der Waals surface area contributed by atoms with Gasteiger partial charge in [0.2, 0.25) is 15.9 Å². The average molecular weight is 470 g/mol. The van der Waals surface area contributed by atoms with Gasteiger partial charge in [-0.25, -0.2) is 8.42 Å². The first-order chi connectivity index (χ1) is 15.7. The maximum atomic E-state index is 13.2. The van der Waals surface area contributed by atoms with Crippen LogP contribution in [0.15, 0.2) is 53.4 Å². The van der Waals surface area contributed by atoms with E-state index in [4.69, 9.17) is 0 Å². The Morgan fingerprint density at radius 2 is 1.79 bits per heavy atom. The smallest absolute Gasteiger partial charge is 0.251 e. The van der Waals surface area contributed by atoms with Gasteiger partial charge in [-0.1, -0.05) is 32.0 Å². The van der Waals surface area contributed by atoms with E-state index in [9.17, 15) is 18.0 Å². The number of anilines is 1. The molecule has 0 spiro atoms. The van der Waals surface area contributed by atoms with Gasteiger partial charge in [0.1, 0.15) is 0 Å². The van der Waals surface area contributed by atoms with E-state index in [1.54, 1.807) is 23.1 Å². The molecular weight excluding hydrogens is 438 g/mol. The van der Waals surface area contributed by atoms with Crippen molar-refractivity contribution < 1.29 is 18.0 Å². The molecule has 2 aliphatic heterocycles. The minimum atomic E-state index is -3.66. The van der Waals surface area contributed by atoms with Gasteiger partial charge in [-0.05, 0) is 60.6 Å². The third-order valence-electron chi connectivity index (χ3n) is 6.32. The number of nitrogens with zero attached hydrogens (tertiary/aromatic N) is 2. The molecule has 2 saturated heterocycles. The van der Waals surface area contributed by atoms with Crippen LogP contribution in [0.25, 0.3) is 0 Å². The summed E-state index contributed by atoms with van der Waals surface area (Å²) in [6, 6.07) is 13.8. The van der Waals surface area contributed by atoms with Crippen molar-refractivity contribution in [2.75, 3.05) is 24.5 Å². The molecule has 2 unspecified atom stereocenters. The first-order valence-corrected chi connectivity index (χ1v) is 13.0. The van der Waals surface area contributed by atoms with E-state index in [1.165, 1.54) is 10.4 Å². The van der Waals surface area contributed by atoms with E-state index >= 15 is 0 Å². The Morgan fingerprint density at radius 3 is 2.48 bits per heavy atom. The summed E-state index contributed by atoms with van der Waals surface area (Å²) < 4.78 is 27.9. The van der Waals surface area contributed by atoms with Crippen LogP contribution >= 0.6 is 0 Å². The fraction of sp³-hybridized carbons (Fsp3) is 0.440. The van der Waals surface area contributed by atoms with Gasteiger partial charge >= 0.3 is 0 Å². The summed E-state index contributed by atoms with van der Waals surface area (Å²) in [7, 11) is -3.66. The van der Waals surface area contributed by atoms with Crippen LogP contribution < -0.4 is 10.2 Å². The lowest BCUT2D eigenvalue weighted by Gasteiger charge is -2.34. The number of nitrogens with one attached hydrogen (secondary N) is 1. The topological polar surface area (TPSA) is 86.8 Å². The number of piperidine rings is 1. The number of sulfonamides is 1. The lowest BCUT2D eigenvalue weighted by molar-refractivity contribution is -0.117. The summed E-state index contributed by atoms with van der Waals surface area (Å²) in [4.78, 5) is 26.7. The van der Waals surface area contributed by atoms with E-state index in [0.717, 1.165) is 24.1 Å². The van der Waals surface area contributed by atoms with Gasteiger partial charge in [0.15, 0.2) is 0 Å². The Kier molecular flexibility index (Phi) is 6.86. The van der Waals surface area contributed by atoms with Gasteiger partial charge in [-0.2, -0.15) is 4.31 Å². The molecule has 2 aromatic carbocycles. The molecule has 2 amide bonds. The molecule has 176 valence electrons. The summed E-state index contributed by atoms with van der Waals surface area (Å²) in [5.41, 5.74) is 2.02. The maximum Gasteiger partial charge on any atom is 0.251 e. The third kappa shape index (κ3) is 5.28. The molecule has 0 saturated carbocycles. The Labute approximate surface area is 195 Å². The zero-order chi connectivity index (χ0) is 23.6. The molecule has 2 atom stereocenters. The van der Waals surface area contributed by atoms with Crippen molar-refractivity contribution in [1.82, 2.24) is 9.62 Å². The van der Waals surface area contributed by atoms with Crippen molar-refractivity contribution in [3.05, 3.63) is 59.7 Å². The molecule has 2 heterocycles. The Bertz CT molecular complexity index is 1140. The van der Waals surface area contributed by atoms with E-state index in [0.29, 0.717) is 43.5 Å². The molecule has 8 heteroatoms. The standard InChI is InChI=1S/C25H31N3O4S/c1-18-12-19(2)17-27(16-18)33(31,32)23-9-4-7-21(14-23)25(30)26-15-20-6-3-8-22(13-20)28-11-5-10-24(28)29/h3-4,6-9,13-14,18-19H,5,10-12,15-17H2,1-2H3,(H,26,30). The number of rotatable bonds is 6. The largest absolute Gasteiger partial charge is 0.348 e. The normalized spacial score (nSPS) is 21.9. The summed E-state index contributed by atoms with van der Waals surface area (Å²) in [6.07, 6.45) is 2.44. The molecule has 2 aliphatic rings. The molecule has 2 fully saturated rings. The quantitative estimate of drug-likeness (QED) is 0.702. The van der Waals surface area contributed by atoms with Crippen LogP contribution in [0.4, 0.5) is 5.69 Å². The van der Waals surface area contributed by atoms with Crippen LogP contribution in [0, 0.1) is 11.8 Å². The number of hydrogen-bond donors (Lipinski definition) is 1. The Morgan fingerprint density at radius 1 is 1.06 bits per heavy atom. The summed E-state index contributed by atoms with van der Waals surface area (Å²) in [5, 5.41) is 2.87. The highest BCUT2D eigenvalue weighted by atomic mass is 32.2. The Balaban J connectivity index is 1.45. The molecule has 0 aliphatic carbocycles. The summed E-state index contributed by atoms with van der Waals surface area (Å²) >= 11 is 0. The van der Waals surface area contributed by atoms with Crippen LogP contribution in [-0.2, 0) is 21.4 Å². The van der Waals surface area contributed by atoms with Gasteiger partial charge in [0.25, 0.3) is 5.91 Å². The molecular formula is C25H31N3O4S. The van der Waals surface area contributed by atoms with Crippen LogP contribution in [0.2, 0.25) is 0 Å². The van der Waals surface area contributed by atoms with E-state index in [1.807, 2.05) is 24.3 Å². The van der Waals surface area contributed by atoms with Gasteiger partial charge in [0.05, 0.1) is 4.90 Å². The van der Waals surface area contributed by atoms with E-state index in [2.05, 4.69) is 19.2 Å². The predicted molar refractivity (Wildman–Crippen MR) is 127 cm³/mol. The van der Waals surface area contributed by atoms with Gasteiger partial charge in [-0.3, -0.25) is 9.59 Å². The molecule has 2 aromatic rings. The monoisotopic (exact) mass is 469 g/mol. The fourth-order valence-corrected chi connectivity index (χ4v) is 6.51. The van der Waals surface area contributed by atoms with Crippen molar-refractivity contribution in [2.45, 2.75) is 44.6 Å². The minimum absolute atomic E-state index is 0.117. The lowest BCUT2D eigenvalue weighted by atomic mass is 9.94. The van der Waals surface area contributed by atoms with Gasteiger partial charge in [0, 0.05) is 43.9 Å². The summed E-state index contributed by atoms with van der Waals surface area (Å²) in [6.45, 7) is 6.13. The van der Waals surface area contributed by atoms with E-state index in [-0.39, 0.29) is 23.3 Å². The predicted octanol–water partition coefficient (Wildman–Crippen LogP) is 3.41.